The molecule has 216 valence electrons. The number of nitrogens with zero attached hydrogens (tertiary/aromatic N) is 3. The molecule has 5 atom stereocenters. The Bertz CT molecular complexity index is 1390. The van der Waals surface area contributed by atoms with E-state index in [-0.39, 0.29) is 43.3 Å². The number of carbonyl (C=O) groups excluding carboxylic acids is 3. The highest BCUT2D eigenvalue weighted by Crippen LogP contribution is 2.26. The minimum Gasteiger partial charge on any atom is -0.383 e. The van der Waals surface area contributed by atoms with Gasteiger partial charge in [-0.05, 0) is 57.5 Å². The van der Waals surface area contributed by atoms with E-state index in [1.165, 1.54) is 0 Å². The van der Waals surface area contributed by atoms with E-state index in [0.717, 1.165) is 23.0 Å². The molecule has 2 fully saturated rings. The molecular formula is C31H38N6O4. The molecule has 0 bridgehead atoms. The van der Waals surface area contributed by atoms with Crippen molar-refractivity contribution in [2.24, 2.45) is 0 Å². The molecular weight excluding hydrogens is 520 g/mol. The lowest BCUT2D eigenvalue weighted by molar-refractivity contribution is -0.140. The van der Waals surface area contributed by atoms with Crippen molar-refractivity contribution in [3.63, 3.8) is 0 Å². The van der Waals surface area contributed by atoms with Gasteiger partial charge in [0.15, 0.2) is 0 Å². The summed E-state index contributed by atoms with van der Waals surface area (Å²) in [5, 5.41) is 20.5. The maximum atomic E-state index is 13.8. The Morgan fingerprint density at radius 1 is 1.00 bits per heavy atom. The molecule has 4 N–H and O–H groups in total. The second-order valence-corrected chi connectivity index (χ2v) is 11.1. The molecule has 0 spiro atoms. The van der Waals surface area contributed by atoms with Gasteiger partial charge in [-0.1, -0.05) is 48.5 Å². The van der Waals surface area contributed by atoms with Crippen molar-refractivity contribution in [2.75, 3.05) is 32.5 Å². The number of aryl methyl sites for hydroxylation is 1. The van der Waals surface area contributed by atoms with Crippen LogP contribution in [0.1, 0.15) is 24.8 Å². The van der Waals surface area contributed by atoms with Crippen molar-refractivity contribution in [2.45, 2.75) is 56.0 Å². The summed E-state index contributed by atoms with van der Waals surface area (Å²) >= 11 is 0. The largest absolute Gasteiger partial charge is 0.383 e. The number of carbonyl (C=O) groups is 3. The number of likely N-dealkylation sites (tertiary alicyclic amines) is 2. The van der Waals surface area contributed by atoms with Crippen LogP contribution < -0.4 is 16.0 Å². The number of aromatic nitrogens is 1. The molecule has 3 aromatic rings. The summed E-state index contributed by atoms with van der Waals surface area (Å²) in [5.41, 5.74) is 2.40. The highest BCUT2D eigenvalue weighted by Gasteiger charge is 2.45. The van der Waals surface area contributed by atoms with E-state index < -0.39 is 24.1 Å². The molecule has 0 saturated carbocycles. The van der Waals surface area contributed by atoms with Gasteiger partial charge in [0.25, 0.3) is 0 Å². The third-order valence-electron chi connectivity index (χ3n) is 8.18. The summed E-state index contributed by atoms with van der Waals surface area (Å²) in [4.78, 5) is 48.3. The van der Waals surface area contributed by atoms with Crippen LogP contribution in [-0.2, 0) is 20.8 Å². The highest BCUT2D eigenvalue weighted by atomic mass is 16.3. The van der Waals surface area contributed by atoms with Crippen LogP contribution in [0.2, 0.25) is 0 Å². The second-order valence-electron chi connectivity index (χ2n) is 11.1. The number of para-hydroxylation sites is 1. The van der Waals surface area contributed by atoms with Crippen LogP contribution in [0, 0.1) is 0 Å². The van der Waals surface area contributed by atoms with Crippen LogP contribution in [0.25, 0.3) is 10.9 Å². The van der Waals surface area contributed by atoms with Gasteiger partial charge in [-0.15, -0.1) is 0 Å². The molecule has 0 unspecified atom stereocenters. The van der Waals surface area contributed by atoms with Gasteiger partial charge in [0.05, 0.1) is 23.4 Å². The number of hydrogen-bond donors (Lipinski definition) is 4. The van der Waals surface area contributed by atoms with Crippen LogP contribution >= 0.6 is 0 Å². The SMILES string of the molecule is CN[C@H]1C[C@@H](C(=O)N2C[C@H](NC(=O)[C@H](O)CCc3ccccc3)C[C@H]2C(=O)Nc2cnc3ccccc3c2)N(C)C1. The number of likely N-dealkylation sites (N-methyl/N-ethyl adjacent to an activating group) is 2. The normalized spacial score (nSPS) is 23.4. The Hall–Kier alpha value is -3.86. The smallest absolute Gasteiger partial charge is 0.249 e. The summed E-state index contributed by atoms with van der Waals surface area (Å²) in [6, 6.07) is 17.7. The average Bonchev–Trinajstić information content (AvgIpc) is 3.59. The summed E-state index contributed by atoms with van der Waals surface area (Å²) in [6.07, 6.45) is 2.15. The van der Waals surface area contributed by atoms with E-state index in [1.807, 2.05) is 79.7 Å². The Labute approximate surface area is 240 Å². The Morgan fingerprint density at radius 3 is 2.49 bits per heavy atom. The predicted octanol–water partition coefficient (Wildman–Crippen LogP) is 1.54. The summed E-state index contributed by atoms with van der Waals surface area (Å²) in [6.45, 7) is 0.923. The van der Waals surface area contributed by atoms with Crippen LogP contribution in [0.5, 0.6) is 0 Å². The van der Waals surface area contributed by atoms with E-state index >= 15 is 0 Å². The van der Waals surface area contributed by atoms with Crippen molar-refractivity contribution in [1.29, 1.82) is 0 Å². The Morgan fingerprint density at radius 2 is 1.73 bits per heavy atom. The van der Waals surface area contributed by atoms with Gasteiger partial charge in [0.1, 0.15) is 12.1 Å². The molecule has 2 aliphatic heterocycles. The van der Waals surface area contributed by atoms with Crippen molar-refractivity contribution in [3.05, 3.63) is 72.4 Å². The lowest BCUT2D eigenvalue weighted by Crippen LogP contribution is -2.50. The first-order valence-electron chi connectivity index (χ1n) is 14.2. The number of fused-ring (bicyclic) bond motifs is 1. The fourth-order valence-electron chi connectivity index (χ4n) is 5.86. The zero-order valence-corrected chi connectivity index (χ0v) is 23.5. The van der Waals surface area contributed by atoms with Gasteiger partial charge in [-0.3, -0.25) is 24.3 Å². The van der Waals surface area contributed by atoms with E-state index in [4.69, 9.17) is 0 Å². The van der Waals surface area contributed by atoms with Crippen LogP contribution in [0.4, 0.5) is 5.69 Å². The van der Waals surface area contributed by atoms with Gasteiger partial charge in [-0.25, -0.2) is 0 Å². The minimum absolute atomic E-state index is 0.136. The van der Waals surface area contributed by atoms with Crippen LogP contribution in [-0.4, -0.2) is 95.1 Å². The molecule has 3 amide bonds. The average molecular weight is 559 g/mol. The Kier molecular flexibility index (Phi) is 8.92. The fourth-order valence-corrected chi connectivity index (χ4v) is 5.86. The minimum atomic E-state index is -1.19. The summed E-state index contributed by atoms with van der Waals surface area (Å²) in [5.74, 6) is -0.961. The molecule has 1 aromatic heterocycles. The lowest BCUT2D eigenvalue weighted by atomic mass is 10.1. The van der Waals surface area contributed by atoms with Crippen LogP contribution in [0.3, 0.4) is 0 Å². The molecule has 41 heavy (non-hydrogen) atoms. The predicted molar refractivity (Wildman–Crippen MR) is 157 cm³/mol. The number of nitrogens with one attached hydrogen (secondary N) is 3. The molecule has 10 nitrogen and oxygen atoms in total. The first-order valence-corrected chi connectivity index (χ1v) is 14.2. The standard InChI is InChI=1S/C31H38N6O4/c1-32-23-15-27(36(2)18-23)31(41)37-19-24(35-30(40)28(38)13-12-20-8-4-3-5-9-20)16-26(37)29(39)34-22-14-21-10-6-7-11-25(21)33-17-22/h3-11,14,17,23-24,26-28,32,38H,12-13,15-16,18-19H2,1-2H3,(H,34,39)(H,35,40)/t23-,24+,26-,27-,28+/m0/s1. The van der Waals surface area contributed by atoms with E-state index in [2.05, 4.69) is 20.9 Å². The molecule has 0 aliphatic carbocycles. The topological polar surface area (TPSA) is 127 Å². The Balaban J connectivity index is 1.28. The zero-order chi connectivity index (χ0) is 28.9. The molecule has 2 aromatic carbocycles. The van der Waals surface area contributed by atoms with Crippen molar-refractivity contribution in [3.8, 4) is 0 Å². The van der Waals surface area contributed by atoms with Gasteiger partial charge >= 0.3 is 0 Å². The van der Waals surface area contributed by atoms with E-state index in [0.29, 0.717) is 18.5 Å². The number of amides is 3. The molecule has 2 saturated heterocycles. The van der Waals surface area contributed by atoms with Gasteiger partial charge in [-0.2, -0.15) is 0 Å². The maximum Gasteiger partial charge on any atom is 0.249 e. The molecule has 0 radical (unpaired) electrons. The number of benzene rings is 2. The van der Waals surface area contributed by atoms with Gasteiger partial charge in [0.2, 0.25) is 17.7 Å². The van der Waals surface area contributed by atoms with Crippen molar-refractivity contribution >= 4 is 34.3 Å². The number of aliphatic hydroxyl groups is 1. The maximum absolute atomic E-state index is 13.8. The van der Waals surface area contributed by atoms with E-state index in [9.17, 15) is 19.5 Å². The highest BCUT2D eigenvalue weighted by molar-refractivity contribution is 5.99. The quantitative estimate of drug-likeness (QED) is 0.314. The van der Waals surface area contributed by atoms with Crippen molar-refractivity contribution < 1.29 is 19.5 Å². The zero-order valence-electron chi connectivity index (χ0n) is 23.5. The third kappa shape index (κ3) is 6.73. The van der Waals surface area contributed by atoms with Gasteiger partial charge in [0, 0.05) is 30.6 Å². The molecule has 2 aliphatic rings. The number of rotatable bonds is 9. The molecule has 5 rings (SSSR count). The monoisotopic (exact) mass is 558 g/mol. The second kappa shape index (κ2) is 12.8. The van der Waals surface area contributed by atoms with Gasteiger partial charge < -0.3 is 26.0 Å². The number of aliphatic hydroxyl groups excluding tert-OH is 1. The van der Waals surface area contributed by atoms with E-state index in [1.54, 1.807) is 11.1 Å². The number of anilines is 1. The fraction of sp³-hybridized carbons (Fsp3) is 0.419. The summed E-state index contributed by atoms with van der Waals surface area (Å²) in [7, 11) is 3.79. The summed E-state index contributed by atoms with van der Waals surface area (Å²) < 4.78 is 0. The first kappa shape index (κ1) is 28.7. The van der Waals surface area contributed by atoms with Crippen LogP contribution in [0.15, 0.2) is 66.9 Å². The molecule has 10 heteroatoms. The number of pyridine rings is 1. The number of hydrogen-bond acceptors (Lipinski definition) is 7. The third-order valence-corrected chi connectivity index (χ3v) is 8.18. The molecule has 3 heterocycles. The van der Waals surface area contributed by atoms with Crippen molar-refractivity contribution in [1.82, 2.24) is 25.4 Å². The lowest BCUT2D eigenvalue weighted by Gasteiger charge is -2.29. The first-order chi connectivity index (χ1) is 19.8.